The average molecular weight is 496 g/mol. The van der Waals surface area contributed by atoms with Crippen LogP contribution in [0, 0.1) is 0 Å². The van der Waals surface area contributed by atoms with Crippen LogP contribution in [0.1, 0.15) is 28.4 Å². The molecule has 0 N–H and O–H groups in total. The number of fused-ring (bicyclic) bond motifs is 2. The maximum absolute atomic E-state index is 13.5. The van der Waals surface area contributed by atoms with Gasteiger partial charge in [-0.05, 0) is 43.3 Å². The van der Waals surface area contributed by atoms with E-state index in [0.29, 0.717) is 41.9 Å². The third kappa shape index (κ3) is 4.36. The van der Waals surface area contributed by atoms with Crippen LogP contribution in [0.2, 0.25) is 0 Å². The number of rotatable bonds is 2. The smallest absolute Gasteiger partial charge is 0.417 e. The number of para-hydroxylation sites is 2. The third-order valence-electron chi connectivity index (χ3n) is 6.39. The fourth-order valence-electron chi connectivity index (χ4n) is 4.59. The molecule has 0 aliphatic carbocycles. The van der Waals surface area contributed by atoms with Gasteiger partial charge in [-0.1, -0.05) is 24.3 Å². The Balaban J connectivity index is 1.45. The first-order valence-electron chi connectivity index (χ1n) is 11.5. The van der Waals surface area contributed by atoms with Crippen LogP contribution in [0.3, 0.4) is 0 Å². The lowest BCUT2D eigenvalue weighted by molar-refractivity contribution is -0.138. The number of halogens is 3. The van der Waals surface area contributed by atoms with E-state index in [0.717, 1.165) is 11.6 Å². The molecule has 1 amide bonds. The summed E-state index contributed by atoms with van der Waals surface area (Å²) >= 11 is 0. The summed E-state index contributed by atoms with van der Waals surface area (Å²) in [6.45, 7) is 2.87. The molecule has 0 saturated carbocycles. The zero-order valence-electron chi connectivity index (χ0n) is 19.7. The topological polar surface area (TPSA) is 54.4 Å². The van der Waals surface area contributed by atoms with Crippen molar-refractivity contribution in [3.63, 3.8) is 0 Å². The van der Waals surface area contributed by atoms with E-state index < -0.39 is 17.6 Å². The van der Waals surface area contributed by atoms with E-state index in [9.17, 15) is 18.0 Å². The summed E-state index contributed by atoms with van der Waals surface area (Å²) in [6.07, 6.45) is -4.61. The molecule has 2 aliphatic rings. The van der Waals surface area contributed by atoms with Crippen LogP contribution >= 0.6 is 0 Å². The summed E-state index contributed by atoms with van der Waals surface area (Å²) in [6, 6.07) is 17.5. The summed E-state index contributed by atoms with van der Waals surface area (Å²) < 4.78 is 52.1. The lowest BCUT2D eigenvalue weighted by Crippen LogP contribution is -2.55. The molecule has 3 aromatic carbocycles. The van der Waals surface area contributed by atoms with Crippen LogP contribution in [0.5, 0.6) is 17.2 Å². The molecule has 36 heavy (non-hydrogen) atoms. The minimum Gasteiger partial charge on any atom is -0.497 e. The SMILES string of the molecule is COc1ccc2c(c1)Oc1ccccc1N=C2N1CCN(C(=O)c2ccccc2C(F)(F)F)[C@H](C)C1. The number of hydrogen-bond acceptors (Lipinski definition) is 5. The molecule has 9 heteroatoms. The van der Waals surface area contributed by atoms with E-state index >= 15 is 0 Å². The molecule has 2 aliphatic heterocycles. The Morgan fingerprint density at radius 1 is 1.03 bits per heavy atom. The Morgan fingerprint density at radius 3 is 2.53 bits per heavy atom. The van der Waals surface area contributed by atoms with Gasteiger partial charge < -0.3 is 19.3 Å². The van der Waals surface area contributed by atoms with Crippen molar-refractivity contribution >= 4 is 17.4 Å². The number of ether oxygens (including phenoxy) is 2. The summed E-state index contributed by atoms with van der Waals surface area (Å²) in [5.74, 6) is 1.87. The molecule has 5 rings (SSSR count). The Morgan fingerprint density at radius 2 is 1.78 bits per heavy atom. The average Bonchev–Trinajstić information content (AvgIpc) is 3.04. The predicted octanol–water partition coefficient (Wildman–Crippen LogP) is 5.74. The van der Waals surface area contributed by atoms with Crippen LogP contribution in [0.25, 0.3) is 0 Å². The Hall–Kier alpha value is -4.01. The van der Waals surface area contributed by atoms with Crippen molar-refractivity contribution in [1.29, 1.82) is 0 Å². The van der Waals surface area contributed by atoms with Gasteiger partial charge in [-0.15, -0.1) is 0 Å². The lowest BCUT2D eigenvalue weighted by atomic mass is 10.0. The highest BCUT2D eigenvalue weighted by Gasteiger charge is 2.38. The molecule has 2 heterocycles. The van der Waals surface area contributed by atoms with Gasteiger partial charge in [0.2, 0.25) is 0 Å². The molecule has 186 valence electrons. The predicted molar refractivity (Wildman–Crippen MR) is 129 cm³/mol. The van der Waals surface area contributed by atoms with E-state index in [1.165, 1.54) is 23.1 Å². The molecule has 0 aromatic heterocycles. The number of nitrogens with zero attached hydrogens (tertiary/aromatic N) is 3. The number of benzene rings is 3. The van der Waals surface area contributed by atoms with Crippen LogP contribution < -0.4 is 9.47 Å². The highest BCUT2D eigenvalue weighted by atomic mass is 19.4. The summed E-state index contributed by atoms with van der Waals surface area (Å²) in [4.78, 5) is 21.6. The number of methoxy groups -OCH3 is 1. The molecule has 6 nitrogen and oxygen atoms in total. The second-order valence-corrected chi connectivity index (χ2v) is 8.70. The maximum Gasteiger partial charge on any atom is 0.417 e. The highest BCUT2D eigenvalue weighted by molar-refractivity contribution is 6.04. The number of alkyl halides is 3. The second-order valence-electron chi connectivity index (χ2n) is 8.70. The van der Waals surface area contributed by atoms with Gasteiger partial charge in [0.15, 0.2) is 5.75 Å². The molecule has 1 fully saturated rings. The van der Waals surface area contributed by atoms with Crippen LogP contribution in [0.4, 0.5) is 18.9 Å². The molecule has 0 radical (unpaired) electrons. The van der Waals surface area contributed by atoms with Crippen molar-refractivity contribution in [3.05, 3.63) is 83.4 Å². The minimum absolute atomic E-state index is 0.249. The summed E-state index contributed by atoms with van der Waals surface area (Å²) in [5, 5.41) is 0. The van der Waals surface area contributed by atoms with Crippen LogP contribution in [0.15, 0.2) is 71.7 Å². The van der Waals surface area contributed by atoms with Crippen molar-refractivity contribution in [3.8, 4) is 17.2 Å². The molecular weight excluding hydrogens is 471 g/mol. The standard InChI is InChI=1S/C27H24F3N3O3/c1-17-16-32(13-14-33(17)26(34)19-7-3-4-8-21(19)27(28,29)30)25-20-12-11-18(35-2)15-24(20)36-23-10-6-5-9-22(23)31-25/h3-12,15,17H,13-14,16H2,1-2H3/t17-/m1/s1. The van der Waals surface area contributed by atoms with E-state index in [1.807, 2.05) is 48.2 Å². The number of amidine groups is 1. The third-order valence-corrected chi connectivity index (χ3v) is 6.39. The number of aliphatic imine (C=N–C) groups is 1. The zero-order chi connectivity index (χ0) is 25.4. The summed E-state index contributed by atoms with van der Waals surface area (Å²) in [5.41, 5.74) is 0.167. The lowest BCUT2D eigenvalue weighted by Gasteiger charge is -2.41. The molecule has 1 atom stereocenters. The largest absolute Gasteiger partial charge is 0.497 e. The first-order valence-corrected chi connectivity index (χ1v) is 11.5. The Kier molecular flexibility index (Phi) is 6.07. The molecular formula is C27H24F3N3O3. The fraction of sp³-hybridized carbons (Fsp3) is 0.259. The molecule has 0 bridgehead atoms. The van der Waals surface area contributed by atoms with Gasteiger partial charge >= 0.3 is 6.18 Å². The van der Waals surface area contributed by atoms with E-state index in [4.69, 9.17) is 14.5 Å². The number of carbonyl (C=O) groups excluding carboxylic acids is 1. The molecule has 1 saturated heterocycles. The van der Waals surface area contributed by atoms with Gasteiger partial charge in [-0.3, -0.25) is 4.79 Å². The zero-order valence-corrected chi connectivity index (χ0v) is 19.7. The highest BCUT2D eigenvalue weighted by Crippen LogP contribution is 2.40. The monoisotopic (exact) mass is 495 g/mol. The van der Waals surface area contributed by atoms with Gasteiger partial charge in [-0.2, -0.15) is 13.2 Å². The Labute approximate surface area is 206 Å². The van der Waals surface area contributed by atoms with E-state index in [-0.39, 0.29) is 18.2 Å². The number of hydrogen-bond donors (Lipinski definition) is 0. The normalized spacial score (nSPS) is 17.4. The van der Waals surface area contributed by atoms with Crippen molar-refractivity contribution in [1.82, 2.24) is 9.80 Å². The van der Waals surface area contributed by atoms with E-state index in [2.05, 4.69) is 0 Å². The molecule has 0 spiro atoms. The quantitative estimate of drug-likeness (QED) is 0.455. The minimum atomic E-state index is -4.61. The van der Waals surface area contributed by atoms with E-state index in [1.54, 1.807) is 13.2 Å². The fourth-order valence-corrected chi connectivity index (χ4v) is 4.59. The number of piperazine rings is 1. The van der Waals surface area contributed by atoms with Crippen molar-refractivity contribution in [2.45, 2.75) is 19.1 Å². The first-order chi connectivity index (χ1) is 17.3. The molecule has 3 aromatic rings. The first kappa shape index (κ1) is 23.7. The van der Waals surface area contributed by atoms with Crippen molar-refractivity contribution < 1.29 is 27.4 Å². The number of amides is 1. The molecule has 0 unspecified atom stereocenters. The van der Waals surface area contributed by atoms with Crippen LogP contribution in [-0.2, 0) is 6.18 Å². The summed E-state index contributed by atoms with van der Waals surface area (Å²) in [7, 11) is 1.58. The van der Waals surface area contributed by atoms with Crippen LogP contribution in [-0.4, -0.2) is 54.3 Å². The van der Waals surface area contributed by atoms with Gasteiger partial charge in [0.1, 0.15) is 23.0 Å². The maximum atomic E-state index is 13.5. The number of carbonyl (C=O) groups is 1. The van der Waals surface area contributed by atoms with Crippen molar-refractivity contribution in [2.75, 3.05) is 26.7 Å². The van der Waals surface area contributed by atoms with Gasteiger partial charge in [0.25, 0.3) is 5.91 Å². The van der Waals surface area contributed by atoms with Crippen molar-refractivity contribution in [2.24, 2.45) is 4.99 Å². The van der Waals surface area contributed by atoms with Gasteiger partial charge in [0, 0.05) is 31.7 Å². The van der Waals surface area contributed by atoms with Gasteiger partial charge in [0.05, 0.1) is 23.8 Å². The second kappa shape index (κ2) is 9.22. The van der Waals surface area contributed by atoms with Gasteiger partial charge in [-0.25, -0.2) is 4.99 Å². The Bertz CT molecular complexity index is 1340.